The highest BCUT2D eigenvalue weighted by molar-refractivity contribution is 5.92. The first-order valence-corrected chi connectivity index (χ1v) is 5.30. The number of anilines is 1. The van der Waals surface area contributed by atoms with E-state index in [4.69, 9.17) is 5.11 Å². The number of rotatable bonds is 4. The second-order valence-electron chi connectivity index (χ2n) is 3.69. The van der Waals surface area contributed by atoms with Crippen molar-refractivity contribution in [2.45, 2.75) is 6.54 Å². The standard InChI is InChI=1S/C12H9F2N3O2/c13-8-2-1-7(10(14)5-8)6-15-11-9(12(18)19)3-4-16-17-11/h1-5H,6H2,(H,15,17)(H,18,19). The number of aromatic nitrogens is 2. The van der Waals surface area contributed by atoms with Gasteiger partial charge in [0.2, 0.25) is 0 Å². The highest BCUT2D eigenvalue weighted by Gasteiger charge is 2.12. The Bertz CT molecular complexity index is 620. The summed E-state index contributed by atoms with van der Waals surface area (Å²) >= 11 is 0. The first-order chi connectivity index (χ1) is 9.08. The predicted octanol–water partition coefficient (Wildman–Crippen LogP) is 2.07. The summed E-state index contributed by atoms with van der Waals surface area (Å²) in [5.74, 6) is -2.53. The van der Waals surface area contributed by atoms with E-state index in [1.54, 1.807) is 0 Å². The minimum Gasteiger partial charge on any atom is -0.478 e. The number of hydrogen-bond donors (Lipinski definition) is 2. The highest BCUT2D eigenvalue weighted by Crippen LogP contribution is 2.14. The second kappa shape index (κ2) is 5.38. The second-order valence-corrected chi connectivity index (χ2v) is 3.69. The van der Waals surface area contributed by atoms with Crippen LogP contribution in [0.5, 0.6) is 0 Å². The van der Waals surface area contributed by atoms with Crippen molar-refractivity contribution in [3.8, 4) is 0 Å². The summed E-state index contributed by atoms with van der Waals surface area (Å²) in [7, 11) is 0. The normalized spacial score (nSPS) is 10.2. The number of carboxylic acids is 1. The van der Waals surface area contributed by atoms with Crippen LogP contribution in [0.1, 0.15) is 15.9 Å². The largest absolute Gasteiger partial charge is 0.478 e. The predicted molar refractivity (Wildman–Crippen MR) is 62.7 cm³/mol. The Morgan fingerprint density at radius 3 is 2.79 bits per heavy atom. The molecule has 0 saturated carbocycles. The first-order valence-electron chi connectivity index (χ1n) is 5.30. The molecule has 0 saturated heterocycles. The van der Waals surface area contributed by atoms with E-state index in [-0.39, 0.29) is 23.5 Å². The molecule has 5 nitrogen and oxygen atoms in total. The van der Waals surface area contributed by atoms with E-state index < -0.39 is 17.6 Å². The van der Waals surface area contributed by atoms with Gasteiger partial charge in [0.15, 0.2) is 5.82 Å². The lowest BCUT2D eigenvalue weighted by Gasteiger charge is -2.08. The number of carbonyl (C=O) groups is 1. The smallest absolute Gasteiger partial charge is 0.339 e. The molecule has 0 aliphatic rings. The Labute approximate surface area is 106 Å². The number of nitrogens with zero attached hydrogens (tertiary/aromatic N) is 2. The molecular formula is C12H9F2N3O2. The van der Waals surface area contributed by atoms with E-state index in [0.29, 0.717) is 0 Å². The highest BCUT2D eigenvalue weighted by atomic mass is 19.1. The Balaban J connectivity index is 2.17. The van der Waals surface area contributed by atoms with Gasteiger partial charge in [0.25, 0.3) is 0 Å². The van der Waals surface area contributed by atoms with Gasteiger partial charge in [-0.3, -0.25) is 0 Å². The van der Waals surface area contributed by atoms with Crippen LogP contribution in [0.3, 0.4) is 0 Å². The van der Waals surface area contributed by atoms with Gasteiger partial charge in [-0.2, -0.15) is 5.10 Å². The Hall–Kier alpha value is -2.57. The fourth-order valence-corrected chi connectivity index (χ4v) is 1.48. The molecule has 0 aliphatic heterocycles. The summed E-state index contributed by atoms with van der Waals surface area (Å²) in [6, 6.07) is 4.42. The topological polar surface area (TPSA) is 75.1 Å². The molecule has 19 heavy (non-hydrogen) atoms. The zero-order valence-corrected chi connectivity index (χ0v) is 9.60. The van der Waals surface area contributed by atoms with Gasteiger partial charge in [0.1, 0.15) is 17.2 Å². The summed E-state index contributed by atoms with van der Waals surface area (Å²) in [4.78, 5) is 10.9. The van der Waals surface area contributed by atoms with E-state index in [1.807, 2.05) is 0 Å². The van der Waals surface area contributed by atoms with Crippen molar-refractivity contribution < 1.29 is 18.7 Å². The van der Waals surface area contributed by atoms with Gasteiger partial charge in [0.05, 0.1) is 6.20 Å². The number of carboxylic acid groups (broad SMARTS) is 1. The molecule has 1 aromatic carbocycles. The third kappa shape index (κ3) is 3.01. The molecule has 0 spiro atoms. The summed E-state index contributed by atoms with van der Waals surface area (Å²) in [5, 5.41) is 18.7. The van der Waals surface area contributed by atoms with E-state index in [0.717, 1.165) is 12.1 Å². The molecule has 1 heterocycles. The minimum atomic E-state index is -1.17. The number of aromatic carboxylic acids is 1. The molecule has 0 fully saturated rings. The number of nitrogens with one attached hydrogen (secondary N) is 1. The van der Waals surface area contributed by atoms with Crippen molar-refractivity contribution in [1.82, 2.24) is 10.2 Å². The van der Waals surface area contributed by atoms with Gasteiger partial charge >= 0.3 is 5.97 Å². The van der Waals surface area contributed by atoms with E-state index >= 15 is 0 Å². The van der Waals surface area contributed by atoms with Gasteiger partial charge in [-0.25, -0.2) is 13.6 Å². The SMILES string of the molecule is O=C(O)c1ccnnc1NCc1ccc(F)cc1F. The maximum Gasteiger partial charge on any atom is 0.339 e. The van der Waals surface area contributed by atoms with Crippen molar-refractivity contribution >= 4 is 11.8 Å². The van der Waals surface area contributed by atoms with Crippen molar-refractivity contribution in [3.05, 3.63) is 53.2 Å². The molecular weight excluding hydrogens is 256 g/mol. The van der Waals surface area contributed by atoms with Crippen molar-refractivity contribution in [2.24, 2.45) is 0 Å². The third-order valence-corrected chi connectivity index (χ3v) is 2.41. The van der Waals surface area contributed by atoms with Gasteiger partial charge in [0, 0.05) is 18.2 Å². The molecule has 0 amide bonds. The third-order valence-electron chi connectivity index (χ3n) is 2.41. The number of benzene rings is 1. The average molecular weight is 265 g/mol. The summed E-state index contributed by atoms with van der Waals surface area (Å²) in [5.41, 5.74) is 0.126. The van der Waals surface area contributed by atoms with Crippen LogP contribution in [-0.2, 0) is 6.54 Å². The molecule has 0 unspecified atom stereocenters. The van der Waals surface area contributed by atoms with E-state index in [9.17, 15) is 13.6 Å². The average Bonchev–Trinajstić information content (AvgIpc) is 2.38. The lowest BCUT2D eigenvalue weighted by atomic mass is 10.2. The van der Waals surface area contributed by atoms with Gasteiger partial charge in [-0.15, -0.1) is 5.10 Å². The van der Waals surface area contributed by atoms with Crippen LogP contribution in [0.2, 0.25) is 0 Å². The van der Waals surface area contributed by atoms with Gasteiger partial charge in [-0.1, -0.05) is 6.07 Å². The van der Waals surface area contributed by atoms with Gasteiger partial charge < -0.3 is 10.4 Å². The van der Waals surface area contributed by atoms with Crippen LogP contribution >= 0.6 is 0 Å². The summed E-state index contributed by atoms with van der Waals surface area (Å²) < 4.78 is 26.1. The summed E-state index contributed by atoms with van der Waals surface area (Å²) in [6.45, 7) is -0.0227. The molecule has 2 aromatic rings. The van der Waals surface area contributed by atoms with Crippen molar-refractivity contribution in [2.75, 3.05) is 5.32 Å². The Morgan fingerprint density at radius 1 is 1.32 bits per heavy atom. The molecule has 1 aromatic heterocycles. The van der Waals surface area contributed by atoms with Crippen LogP contribution in [0.15, 0.2) is 30.5 Å². The zero-order valence-electron chi connectivity index (χ0n) is 9.60. The molecule has 2 N–H and O–H groups in total. The number of hydrogen-bond acceptors (Lipinski definition) is 4. The van der Waals surface area contributed by atoms with Crippen LogP contribution < -0.4 is 5.32 Å². The molecule has 7 heteroatoms. The molecule has 0 bridgehead atoms. The monoisotopic (exact) mass is 265 g/mol. The quantitative estimate of drug-likeness (QED) is 0.885. The molecule has 0 aliphatic carbocycles. The molecule has 0 atom stereocenters. The lowest BCUT2D eigenvalue weighted by Crippen LogP contribution is -2.10. The van der Waals surface area contributed by atoms with Gasteiger partial charge in [-0.05, 0) is 12.1 Å². The minimum absolute atomic E-state index is 0.0227. The zero-order chi connectivity index (χ0) is 13.8. The Morgan fingerprint density at radius 2 is 2.11 bits per heavy atom. The van der Waals surface area contributed by atoms with Crippen molar-refractivity contribution in [1.29, 1.82) is 0 Å². The maximum absolute atomic E-state index is 13.4. The van der Waals surface area contributed by atoms with Crippen LogP contribution in [0, 0.1) is 11.6 Å². The fraction of sp³-hybridized carbons (Fsp3) is 0.0833. The Kier molecular flexibility index (Phi) is 3.65. The van der Waals surface area contributed by atoms with E-state index in [2.05, 4.69) is 15.5 Å². The molecule has 2 rings (SSSR count). The van der Waals surface area contributed by atoms with Crippen LogP contribution in [0.25, 0.3) is 0 Å². The number of halogens is 2. The van der Waals surface area contributed by atoms with E-state index in [1.165, 1.54) is 18.3 Å². The molecule has 0 radical (unpaired) electrons. The lowest BCUT2D eigenvalue weighted by molar-refractivity contribution is 0.0697. The van der Waals surface area contributed by atoms with Crippen LogP contribution in [-0.4, -0.2) is 21.3 Å². The first kappa shape index (κ1) is 12.9. The van der Waals surface area contributed by atoms with Crippen LogP contribution in [0.4, 0.5) is 14.6 Å². The maximum atomic E-state index is 13.4. The van der Waals surface area contributed by atoms with Crippen molar-refractivity contribution in [3.63, 3.8) is 0 Å². The fourth-order valence-electron chi connectivity index (χ4n) is 1.48. The molecule has 98 valence electrons. The summed E-state index contributed by atoms with van der Waals surface area (Å²) in [6.07, 6.45) is 1.24.